The Balaban J connectivity index is 0.00000441. The van der Waals surface area contributed by atoms with E-state index in [1.54, 1.807) is 12.1 Å². The summed E-state index contributed by atoms with van der Waals surface area (Å²) >= 11 is 0. The third-order valence-corrected chi connectivity index (χ3v) is 3.17. The average Bonchev–Trinajstić information content (AvgIpc) is 2.40. The van der Waals surface area contributed by atoms with Crippen LogP contribution in [-0.2, 0) is 4.79 Å². The quantitative estimate of drug-likeness (QED) is 0.769. The zero-order valence-corrected chi connectivity index (χ0v) is 14.2. The van der Waals surface area contributed by atoms with Gasteiger partial charge in [0.2, 0.25) is 5.91 Å². The van der Waals surface area contributed by atoms with Crippen LogP contribution in [0, 0.1) is 11.7 Å². The van der Waals surface area contributed by atoms with Crippen molar-refractivity contribution >= 4 is 18.3 Å². The minimum atomic E-state index is -0.426. The molecule has 0 bridgehead atoms. The number of halogens is 2. The highest BCUT2D eigenvalue weighted by Crippen LogP contribution is 2.17. The number of ether oxygens (including phenoxy) is 1. The molecule has 6 heteroatoms. The third-order valence-electron chi connectivity index (χ3n) is 3.17. The van der Waals surface area contributed by atoms with Crippen LogP contribution >= 0.6 is 12.4 Å². The van der Waals surface area contributed by atoms with E-state index in [9.17, 15) is 9.18 Å². The van der Waals surface area contributed by atoms with Gasteiger partial charge in [0.15, 0.2) is 11.6 Å². The molecule has 0 saturated heterocycles. The van der Waals surface area contributed by atoms with Gasteiger partial charge in [0.05, 0.1) is 13.0 Å². The average molecular weight is 333 g/mol. The highest BCUT2D eigenvalue weighted by Gasteiger charge is 2.25. The monoisotopic (exact) mass is 332 g/mol. The van der Waals surface area contributed by atoms with Crippen LogP contribution < -0.4 is 15.8 Å². The van der Waals surface area contributed by atoms with Gasteiger partial charge in [-0.2, -0.15) is 0 Å². The molecule has 0 aliphatic rings. The maximum atomic E-state index is 13.3. The Morgan fingerprint density at radius 1 is 1.41 bits per heavy atom. The van der Waals surface area contributed by atoms with Crippen LogP contribution in [-0.4, -0.2) is 24.6 Å². The summed E-state index contributed by atoms with van der Waals surface area (Å²) in [4.78, 5) is 11.9. The van der Waals surface area contributed by atoms with E-state index >= 15 is 0 Å². The van der Waals surface area contributed by atoms with Crippen molar-refractivity contribution in [1.82, 2.24) is 5.32 Å². The van der Waals surface area contributed by atoms with Gasteiger partial charge in [0.25, 0.3) is 0 Å². The van der Waals surface area contributed by atoms with Crippen LogP contribution in [0.5, 0.6) is 5.75 Å². The maximum Gasteiger partial charge on any atom is 0.223 e. The fourth-order valence-electron chi connectivity index (χ4n) is 2.30. The summed E-state index contributed by atoms with van der Waals surface area (Å²) in [5, 5.41) is 2.94. The van der Waals surface area contributed by atoms with Crippen LogP contribution in [0.15, 0.2) is 24.3 Å². The number of carbonyl (C=O) groups excluding carboxylic acids is 1. The number of nitrogens with two attached hydrogens (primary N) is 1. The summed E-state index contributed by atoms with van der Waals surface area (Å²) in [6.07, 6.45) is 0.978. The van der Waals surface area contributed by atoms with Gasteiger partial charge in [-0.3, -0.25) is 4.79 Å². The van der Waals surface area contributed by atoms with Crippen molar-refractivity contribution in [2.75, 3.05) is 13.2 Å². The second-order valence-electron chi connectivity index (χ2n) is 5.94. The van der Waals surface area contributed by atoms with E-state index in [0.717, 1.165) is 6.42 Å². The van der Waals surface area contributed by atoms with E-state index in [1.807, 2.05) is 6.92 Å². The lowest BCUT2D eigenvalue weighted by molar-refractivity contribution is -0.123. The Hall–Kier alpha value is -1.33. The van der Waals surface area contributed by atoms with Gasteiger partial charge >= 0.3 is 0 Å². The highest BCUT2D eigenvalue weighted by molar-refractivity contribution is 5.85. The van der Waals surface area contributed by atoms with E-state index < -0.39 is 11.4 Å². The predicted octanol–water partition coefficient (Wildman–Crippen LogP) is 2.90. The number of para-hydroxylation sites is 1. The summed E-state index contributed by atoms with van der Waals surface area (Å²) in [5.74, 6) is 0.0343. The van der Waals surface area contributed by atoms with E-state index in [1.165, 1.54) is 12.1 Å². The first-order chi connectivity index (χ1) is 9.86. The van der Waals surface area contributed by atoms with Gasteiger partial charge in [0.1, 0.15) is 0 Å². The number of carbonyl (C=O) groups is 1. The molecule has 3 N–H and O–H groups in total. The molecule has 0 radical (unpaired) electrons. The lowest BCUT2D eigenvalue weighted by Crippen LogP contribution is -2.52. The van der Waals surface area contributed by atoms with Crippen molar-refractivity contribution in [1.29, 1.82) is 0 Å². The Labute approximate surface area is 138 Å². The van der Waals surface area contributed by atoms with Crippen LogP contribution in [0.2, 0.25) is 0 Å². The first-order valence-electron chi connectivity index (χ1n) is 7.25. The molecule has 4 nitrogen and oxygen atoms in total. The van der Waals surface area contributed by atoms with Crippen molar-refractivity contribution in [2.24, 2.45) is 11.7 Å². The molecule has 0 aliphatic heterocycles. The molecular weight excluding hydrogens is 307 g/mol. The van der Waals surface area contributed by atoms with Crippen LogP contribution in [0.3, 0.4) is 0 Å². The molecule has 0 spiro atoms. The Kier molecular flexibility index (Phi) is 9.06. The summed E-state index contributed by atoms with van der Waals surface area (Å²) in [5.41, 5.74) is 5.33. The SMILES string of the molecule is CC(C)CC(C)(CN)NC(=O)CCOc1ccccc1F.Cl. The van der Waals surface area contributed by atoms with E-state index in [-0.39, 0.29) is 37.1 Å². The van der Waals surface area contributed by atoms with Crippen LogP contribution in [0.1, 0.15) is 33.6 Å². The van der Waals surface area contributed by atoms with Gasteiger partial charge in [-0.1, -0.05) is 26.0 Å². The number of amides is 1. The maximum absolute atomic E-state index is 13.3. The molecule has 22 heavy (non-hydrogen) atoms. The van der Waals surface area contributed by atoms with Gasteiger partial charge in [0, 0.05) is 12.1 Å². The number of nitrogens with one attached hydrogen (secondary N) is 1. The molecule has 1 atom stereocenters. The van der Waals surface area contributed by atoms with Crippen LogP contribution in [0.25, 0.3) is 0 Å². The van der Waals surface area contributed by atoms with E-state index in [4.69, 9.17) is 10.5 Å². The number of rotatable bonds is 8. The number of hydrogen-bond donors (Lipinski definition) is 2. The lowest BCUT2D eigenvalue weighted by atomic mass is 9.90. The van der Waals surface area contributed by atoms with Crippen molar-refractivity contribution < 1.29 is 13.9 Å². The molecule has 0 aliphatic carbocycles. The minimum absolute atomic E-state index is 0. The summed E-state index contributed by atoms with van der Waals surface area (Å²) < 4.78 is 18.6. The second kappa shape index (κ2) is 9.64. The number of benzene rings is 1. The van der Waals surface area contributed by atoms with E-state index in [2.05, 4.69) is 19.2 Å². The molecular formula is C16H26ClFN2O2. The van der Waals surface area contributed by atoms with Crippen molar-refractivity contribution in [3.8, 4) is 5.75 Å². The first-order valence-corrected chi connectivity index (χ1v) is 7.25. The Morgan fingerprint density at radius 3 is 2.59 bits per heavy atom. The first kappa shape index (κ1) is 20.7. The largest absolute Gasteiger partial charge is 0.490 e. The molecule has 1 rings (SSSR count). The van der Waals surface area contributed by atoms with Gasteiger partial charge in [-0.25, -0.2) is 4.39 Å². The smallest absolute Gasteiger partial charge is 0.223 e. The van der Waals surface area contributed by atoms with Gasteiger partial charge < -0.3 is 15.8 Å². The van der Waals surface area contributed by atoms with Crippen molar-refractivity contribution in [3.05, 3.63) is 30.1 Å². The summed E-state index contributed by atoms with van der Waals surface area (Å²) in [6.45, 7) is 6.62. The topological polar surface area (TPSA) is 64.3 Å². The minimum Gasteiger partial charge on any atom is -0.490 e. The van der Waals surface area contributed by atoms with Crippen LogP contribution in [0.4, 0.5) is 4.39 Å². The Bertz CT molecular complexity index is 471. The third kappa shape index (κ3) is 7.09. The molecule has 1 aromatic carbocycles. The fourth-order valence-corrected chi connectivity index (χ4v) is 2.30. The zero-order chi connectivity index (χ0) is 15.9. The molecule has 0 saturated carbocycles. The van der Waals surface area contributed by atoms with Crippen molar-refractivity contribution in [3.63, 3.8) is 0 Å². The van der Waals surface area contributed by atoms with Gasteiger partial charge in [-0.15, -0.1) is 12.4 Å². The molecule has 0 fully saturated rings. The van der Waals surface area contributed by atoms with E-state index in [0.29, 0.717) is 12.5 Å². The highest BCUT2D eigenvalue weighted by atomic mass is 35.5. The molecule has 1 unspecified atom stereocenters. The summed E-state index contributed by atoms with van der Waals surface area (Å²) in [7, 11) is 0. The lowest BCUT2D eigenvalue weighted by Gasteiger charge is -2.31. The zero-order valence-electron chi connectivity index (χ0n) is 13.4. The number of hydrogen-bond acceptors (Lipinski definition) is 3. The predicted molar refractivity (Wildman–Crippen MR) is 88.8 cm³/mol. The van der Waals surface area contributed by atoms with Crippen molar-refractivity contribution in [2.45, 2.75) is 39.2 Å². The molecule has 126 valence electrons. The second-order valence-corrected chi connectivity index (χ2v) is 5.94. The Morgan fingerprint density at radius 2 is 2.05 bits per heavy atom. The van der Waals surface area contributed by atoms with Gasteiger partial charge in [-0.05, 0) is 31.4 Å². The molecule has 1 aromatic rings. The standard InChI is InChI=1S/C16H25FN2O2.ClH/c1-12(2)10-16(3,11-18)19-15(20)8-9-21-14-7-5-4-6-13(14)17;/h4-7,12H,8-11,18H2,1-3H3,(H,19,20);1H. The molecule has 1 amide bonds. The summed E-state index contributed by atoms with van der Waals surface area (Å²) in [6, 6.07) is 6.14. The molecule has 0 aromatic heterocycles. The fraction of sp³-hybridized carbons (Fsp3) is 0.562. The molecule has 0 heterocycles. The normalized spacial score (nSPS) is 13.2.